The minimum Gasteiger partial charge on any atom is -0.181 e. The van der Waals surface area contributed by atoms with Crippen molar-refractivity contribution < 1.29 is 0 Å². The fourth-order valence-corrected chi connectivity index (χ4v) is 7.06. The van der Waals surface area contributed by atoms with E-state index in [2.05, 4.69) is 27.2 Å². The van der Waals surface area contributed by atoms with Crippen LogP contribution in [0.1, 0.15) is 0 Å². The molecular formula is C22H8N4S2. The molecule has 6 rings (SSSR count). The number of hydrogen-bond acceptors (Lipinski definition) is 5. The first kappa shape index (κ1) is 15.5. The minimum absolute atomic E-state index is 0.761. The van der Waals surface area contributed by atoms with E-state index in [0.29, 0.717) is 0 Å². The second kappa shape index (κ2) is 5.46. The van der Waals surface area contributed by atoms with Gasteiger partial charge in [0.15, 0.2) is 5.36 Å². The highest BCUT2D eigenvalue weighted by Crippen LogP contribution is 2.47. The molecule has 2 aromatic heterocycles. The number of fused-ring (bicyclic) bond motifs is 9. The van der Waals surface area contributed by atoms with Crippen molar-refractivity contribution in [3.8, 4) is 6.19 Å². The highest BCUT2D eigenvalue weighted by Gasteiger charge is 2.22. The summed E-state index contributed by atoms with van der Waals surface area (Å²) >= 11 is 3.37. The van der Waals surface area contributed by atoms with E-state index in [1.54, 1.807) is 22.7 Å². The molecule has 28 heavy (non-hydrogen) atoms. The van der Waals surface area contributed by atoms with Crippen LogP contribution in [0.2, 0.25) is 0 Å². The lowest BCUT2D eigenvalue weighted by Gasteiger charge is -1.90. The van der Waals surface area contributed by atoms with Gasteiger partial charge in [0.25, 0.3) is 0 Å². The van der Waals surface area contributed by atoms with Crippen molar-refractivity contribution in [3.05, 3.63) is 70.8 Å². The maximum atomic E-state index is 9.21. The predicted molar refractivity (Wildman–Crippen MR) is 115 cm³/mol. The highest BCUT2D eigenvalue weighted by molar-refractivity contribution is 7.37. The molecule has 0 unspecified atom stereocenters. The average molecular weight is 392 g/mol. The quantitative estimate of drug-likeness (QED) is 0.189. The van der Waals surface area contributed by atoms with Gasteiger partial charge in [0.1, 0.15) is 5.36 Å². The van der Waals surface area contributed by atoms with Crippen LogP contribution >= 0.6 is 22.7 Å². The second-order valence-corrected chi connectivity index (χ2v) is 8.51. The Balaban J connectivity index is 1.96. The van der Waals surface area contributed by atoms with Crippen LogP contribution < -0.4 is 10.7 Å². The lowest BCUT2D eigenvalue weighted by Crippen LogP contribution is -1.95. The smallest absolute Gasteiger partial charge is 0.181 e. The zero-order valence-corrected chi connectivity index (χ0v) is 15.9. The molecule has 0 bridgehead atoms. The van der Waals surface area contributed by atoms with Gasteiger partial charge in [-0.15, -0.1) is 27.6 Å². The standard InChI is InChI=1S/C22H8N4S2/c1-24-26-18-14-9-5-3-7-12(14)16-20(18)28-21-15-11-6-2-4-8-13(11)17(25-10-23)19(15)27-22(16)21/h2-9H/b25-17?,26-18+. The van der Waals surface area contributed by atoms with E-state index in [9.17, 15) is 5.26 Å². The third-order valence-corrected chi connectivity index (χ3v) is 7.72. The van der Waals surface area contributed by atoms with E-state index in [-0.39, 0.29) is 0 Å². The van der Waals surface area contributed by atoms with E-state index >= 15 is 0 Å². The summed E-state index contributed by atoms with van der Waals surface area (Å²) in [7, 11) is 0. The molecule has 0 saturated carbocycles. The van der Waals surface area contributed by atoms with Crippen LogP contribution in [-0.4, -0.2) is 0 Å². The number of hydrogen-bond donors (Lipinski definition) is 0. The molecule has 128 valence electrons. The molecule has 6 aromatic rings. The van der Waals surface area contributed by atoms with Gasteiger partial charge >= 0.3 is 0 Å². The molecule has 0 aliphatic rings. The summed E-state index contributed by atoms with van der Waals surface area (Å²) < 4.78 is 4.49. The zero-order chi connectivity index (χ0) is 18.8. The molecule has 0 amide bonds. The normalized spacial score (nSPS) is 13.4. The molecule has 0 saturated heterocycles. The van der Waals surface area contributed by atoms with Crippen molar-refractivity contribution >= 4 is 73.8 Å². The maximum Gasteiger partial charge on any atom is 0.206 e. The van der Waals surface area contributed by atoms with Crippen LogP contribution in [0.15, 0.2) is 58.6 Å². The molecule has 0 N–H and O–H groups in total. The van der Waals surface area contributed by atoms with Gasteiger partial charge in [-0.3, -0.25) is 0 Å². The molecule has 4 aromatic carbocycles. The van der Waals surface area contributed by atoms with E-state index in [0.717, 1.165) is 52.4 Å². The SMILES string of the molecule is [C-]#[N+]/N=c1\c2ccccc2c2c1sc1c2sc2c(=NC#N)c3ccccc3c21. The summed E-state index contributed by atoms with van der Waals surface area (Å²) in [5.74, 6) is 0. The van der Waals surface area contributed by atoms with Crippen LogP contribution in [-0.2, 0) is 0 Å². The van der Waals surface area contributed by atoms with Gasteiger partial charge in [0.05, 0.1) is 23.9 Å². The number of thiophene rings is 2. The van der Waals surface area contributed by atoms with Crippen LogP contribution in [0, 0.1) is 18.0 Å². The predicted octanol–water partition coefficient (Wildman–Crippen LogP) is 5.57. The van der Waals surface area contributed by atoms with Gasteiger partial charge in [-0.2, -0.15) is 16.8 Å². The maximum absolute atomic E-state index is 9.21. The largest absolute Gasteiger partial charge is 0.206 e. The first-order chi connectivity index (χ1) is 13.8. The van der Waals surface area contributed by atoms with Crippen molar-refractivity contribution in [1.29, 1.82) is 5.26 Å². The fraction of sp³-hybridized carbons (Fsp3) is 0. The van der Waals surface area contributed by atoms with E-state index in [4.69, 9.17) is 6.57 Å². The molecule has 4 nitrogen and oxygen atoms in total. The van der Waals surface area contributed by atoms with E-state index in [1.807, 2.05) is 42.6 Å². The molecule has 0 spiro atoms. The summed E-state index contributed by atoms with van der Waals surface area (Å²) in [5, 5.41) is 21.4. The molecule has 0 aliphatic carbocycles. The number of rotatable bonds is 0. The first-order valence-corrected chi connectivity index (χ1v) is 10.2. The summed E-state index contributed by atoms with van der Waals surface area (Å²) in [6, 6.07) is 16.2. The third-order valence-electron chi connectivity index (χ3n) is 5.17. The van der Waals surface area contributed by atoms with E-state index < -0.39 is 0 Å². The van der Waals surface area contributed by atoms with Crippen LogP contribution in [0.25, 0.3) is 56.1 Å². The average Bonchev–Trinajstić information content (AvgIpc) is 3.41. The Morgan fingerprint density at radius 1 is 0.750 bits per heavy atom. The molecular weight excluding hydrogens is 384 g/mol. The Kier molecular flexibility index (Phi) is 3.02. The van der Waals surface area contributed by atoms with E-state index in [1.165, 1.54) is 9.40 Å². The van der Waals surface area contributed by atoms with Gasteiger partial charge in [0, 0.05) is 21.5 Å². The summed E-state index contributed by atoms with van der Waals surface area (Å²) in [6.07, 6.45) is 1.97. The van der Waals surface area contributed by atoms with Gasteiger partial charge in [-0.25, -0.2) is 0 Å². The topological polar surface area (TPSA) is 52.9 Å². The number of benzene rings is 2. The fourth-order valence-electron chi connectivity index (χ4n) is 4.13. The van der Waals surface area contributed by atoms with Crippen molar-refractivity contribution in [1.82, 2.24) is 0 Å². The first-order valence-electron chi connectivity index (χ1n) is 8.54. The van der Waals surface area contributed by atoms with Crippen molar-refractivity contribution in [3.63, 3.8) is 0 Å². The lowest BCUT2D eigenvalue weighted by molar-refractivity contribution is 1.38. The third kappa shape index (κ3) is 1.76. The molecule has 0 aliphatic heterocycles. The Bertz CT molecular complexity index is 1660. The summed E-state index contributed by atoms with van der Waals surface area (Å²) in [5.41, 5.74) is 0. The van der Waals surface area contributed by atoms with Gasteiger partial charge in [0.2, 0.25) is 6.19 Å². The van der Waals surface area contributed by atoms with Crippen LogP contribution in [0.5, 0.6) is 0 Å². The molecule has 0 radical (unpaired) electrons. The van der Waals surface area contributed by atoms with Crippen LogP contribution in [0.3, 0.4) is 0 Å². The Labute approximate surface area is 166 Å². The Hall–Kier alpha value is -3.58. The van der Waals surface area contributed by atoms with Gasteiger partial charge in [-0.05, 0) is 10.8 Å². The number of nitriles is 1. The Morgan fingerprint density at radius 3 is 1.79 bits per heavy atom. The molecule has 6 heteroatoms. The van der Waals surface area contributed by atoms with Crippen molar-refractivity contribution in [2.24, 2.45) is 10.1 Å². The van der Waals surface area contributed by atoms with Gasteiger partial charge < -0.3 is 0 Å². The molecule has 0 atom stereocenters. The zero-order valence-electron chi connectivity index (χ0n) is 14.2. The van der Waals surface area contributed by atoms with Crippen molar-refractivity contribution in [2.75, 3.05) is 0 Å². The van der Waals surface area contributed by atoms with Gasteiger partial charge in [-0.1, -0.05) is 48.5 Å². The molecule has 2 heterocycles. The monoisotopic (exact) mass is 392 g/mol. The van der Waals surface area contributed by atoms with Crippen LogP contribution in [0.4, 0.5) is 0 Å². The highest BCUT2D eigenvalue weighted by atomic mass is 32.1. The summed E-state index contributed by atoms with van der Waals surface area (Å²) in [6.45, 7) is 7.24. The minimum atomic E-state index is 0.761. The second-order valence-electron chi connectivity index (χ2n) is 6.47. The Morgan fingerprint density at radius 2 is 1.25 bits per heavy atom. The summed E-state index contributed by atoms with van der Waals surface area (Å²) in [4.78, 5) is 7.44. The lowest BCUT2D eigenvalue weighted by atomic mass is 10.2. The molecule has 0 fully saturated rings. The van der Waals surface area contributed by atoms with Crippen molar-refractivity contribution in [2.45, 2.75) is 0 Å². The number of nitrogens with zero attached hydrogens (tertiary/aromatic N) is 4.